The molecule has 0 saturated carbocycles. The minimum Gasteiger partial charge on any atom is -0.459 e. The number of rotatable bonds is 5. The summed E-state index contributed by atoms with van der Waals surface area (Å²) in [5.41, 5.74) is 1.31. The van der Waals surface area contributed by atoms with Crippen LogP contribution in [0.5, 0.6) is 0 Å². The smallest absolute Gasteiger partial charge is 0.311 e. The van der Waals surface area contributed by atoms with Gasteiger partial charge in [-0.15, -0.1) is 11.3 Å². The molecular weight excluding hydrogens is 346 g/mol. The summed E-state index contributed by atoms with van der Waals surface area (Å²) in [4.78, 5) is 14.0. The van der Waals surface area contributed by atoms with Crippen molar-refractivity contribution in [1.29, 1.82) is 0 Å². The lowest BCUT2D eigenvalue weighted by Crippen LogP contribution is -2.34. The van der Waals surface area contributed by atoms with Gasteiger partial charge in [-0.3, -0.25) is 4.79 Å². The van der Waals surface area contributed by atoms with Crippen molar-refractivity contribution in [2.45, 2.75) is 63.8 Å². The number of nitrogens with one attached hydrogen (secondary N) is 1. The number of esters is 1. The Balaban J connectivity index is 1.39. The lowest BCUT2D eigenvalue weighted by atomic mass is 9.80. The summed E-state index contributed by atoms with van der Waals surface area (Å²) in [6.45, 7) is 5.98. The van der Waals surface area contributed by atoms with Crippen molar-refractivity contribution in [3.63, 3.8) is 0 Å². The average Bonchev–Trinajstić information content (AvgIpc) is 2.96. The highest BCUT2D eigenvalue weighted by Gasteiger charge is 2.62. The molecule has 1 aromatic heterocycles. The first kappa shape index (κ1) is 18.2. The van der Waals surface area contributed by atoms with Crippen molar-refractivity contribution in [2.24, 2.45) is 11.8 Å². The molecule has 26 heavy (non-hydrogen) atoms. The summed E-state index contributed by atoms with van der Waals surface area (Å²) in [5, 5.41) is 5.60. The molecule has 1 N–H and O–H groups in total. The van der Waals surface area contributed by atoms with Gasteiger partial charge in [-0.25, -0.2) is 0 Å². The molecule has 2 fully saturated rings. The van der Waals surface area contributed by atoms with E-state index in [-0.39, 0.29) is 35.6 Å². The van der Waals surface area contributed by atoms with Crippen LogP contribution in [0.15, 0.2) is 29.2 Å². The molecule has 1 aliphatic carbocycles. The van der Waals surface area contributed by atoms with Crippen LogP contribution < -0.4 is 5.32 Å². The molecule has 5 atom stereocenters. The Bertz CT molecular complexity index is 671. The molecule has 0 bridgehead atoms. The fourth-order valence-electron chi connectivity index (χ4n) is 4.50. The highest BCUT2D eigenvalue weighted by Crippen LogP contribution is 2.50. The van der Waals surface area contributed by atoms with E-state index in [2.05, 4.69) is 42.8 Å². The fraction of sp³-hybridized carbons (Fsp3) is 0.667. The predicted molar refractivity (Wildman–Crippen MR) is 103 cm³/mol. The average molecular weight is 376 g/mol. The van der Waals surface area contributed by atoms with Gasteiger partial charge in [-0.05, 0) is 63.9 Å². The van der Waals surface area contributed by atoms with E-state index < -0.39 is 0 Å². The van der Waals surface area contributed by atoms with Gasteiger partial charge in [-0.2, -0.15) is 0 Å². The molecule has 0 radical (unpaired) electrons. The van der Waals surface area contributed by atoms with Crippen LogP contribution in [0.1, 0.15) is 44.4 Å². The van der Waals surface area contributed by atoms with Crippen LogP contribution in [0.25, 0.3) is 0 Å². The van der Waals surface area contributed by atoms with Crippen LogP contribution in [0.3, 0.4) is 0 Å². The number of hydrogen-bond acceptors (Lipinski definition) is 5. The summed E-state index contributed by atoms with van der Waals surface area (Å²) in [6, 6.07) is 4.25. The Morgan fingerprint density at radius 3 is 3.12 bits per heavy atom. The van der Waals surface area contributed by atoms with Gasteiger partial charge in [0.1, 0.15) is 12.2 Å². The van der Waals surface area contributed by atoms with Crippen molar-refractivity contribution >= 4 is 17.3 Å². The zero-order valence-corrected chi connectivity index (χ0v) is 16.5. The number of fused-ring (bicyclic) bond motifs is 3. The first-order chi connectivity index (χ1) is 12.6. The zero-order valence-electron chi connectivity index (χ0n) is 15.7. The van der Waals surface area contributed by atoms with Crippen molar-refractivity contribution in [3.8, 4) is 0 Å². The Morgan fingerprint density at radius 1 is 1.42 bits per heavy atom. The molecule has 5 heteroatoms. The number of carbonyl (C=O) groups is 1. The molecule has 2 saturated heterocycles. The van der Waals surface area contributed by atoms with E-state index in [9.17, 15) is 4.79 Å². The van der Waals surface area contributed by atoms with Gasteiger partial charge in [0.25, 0.3) is 0 Å². The summed E-state index contributed by atoms with van der Waals surface area (Å²) in [6.07, 6.45) is 7.49. The molecule has 4 rings (SSSR count). The molecule has 3 heterocycles. The van der Waals surface area contributed by atoms with Gasteiger partial charge in [-0.1, -0.05) is 17.7 Å². The number of allylic oxidation sites excluding steroid dienone is 2. The van der Waals surface area contributed by atoms with E-state index in [1.54, 1.807) is 11.3 Å². The molecule has 0 spiro atoms. The third-order valence-corrected chi connectivity index (χ3v) is 7.17. The maximum atomic E-state index is 12.6. The maximum Gasteiger partial charge on any atom is 0.311 e. The van der Waals surface area contributed by atoms with Crippen LogP contribution in [0, 0.1) is 11.8 Å². The second kappa shape index (κ2) is 7.45. The van der Waals surface area contributed by atoms with Crippen LogP contribution in [0.4, 0.5) is 0 Å². The Labute approximate surface area is 160 Å². The number of ether oxygens (including phenoxy) is 2. The van der Waals surface area contributed by atoms with E-state index in [1.807, 2.05) is 0 Å². The quantitative estimate of drug-likeness (QED) is 0.369. The van der Waals surface area contributed by atoms with Crippen molar-refractivity contribution < 1.29 is 14.3 Å². The first-order valence-electron chi connectivity index (χ1n) is 9.84. The third-order valence-electron chi connectivity index (χ3n) is 6.23. The second-order valence-electron chi connectivity index (χ2n) is 8.18. The number of carbonyl (C=O) groups excluding carboxylic acids is 1. The van der Waals surface area contributed by atoms with E-state index in [4.69, 9.17) is 9.47 Å². The van der Waals surface area contributed by atoms with Crippen molar-refractivity contribution in [3.05, 3.63) is 34.0 Å². The van der Waals surface area contributed by atoms with E-state index in [1.165, 1.54) is 10.5 Å². The van der Waals surface area contributed by atoms with Gasteiger partial charge in [0.15, 0.2) is 0 Å². The third kappa shape index (κ3) is 3.75. The molecule has 2 aliphatic heterocycles. The highest BCUT2D eigenvalue weighted by molar-refractivity contribution is 7.09. The predicted octanol–water partition coefficient (Wildman–Crippen LogP) is 3.72. The van der Waals surface area contributed by atoms with E-state index in [0.717, 1.165) is 38.6 Å². The summed E-state index contributed by atoms with van der Waals surface area (Å²) >= 11 is 1.78. The minimum absolute atomic E-state index is 0.0395. The van der Waals surface area contributed by atoms with Gasteiger partial charge >= 0.3 is 5.97 Å². The topological polar surface area (TPSA) is 50.9 Å². The maximum absolute atomic E-state index is 12.6. The van der Waals surface area contributed by atoms with Crippen LogP contribution in [0.2, 0.25) is 0 Å². The van der Waals surface area contributed by atoms with Crippen molar-refractivity contribution in [1.82, 2.24) is 5.32 Å². The standard InChI is InChI=1S/C21H29NO3S/c1-14-5-3-10-21(2)19(25-21)18-16(8-7-14)17(20(23)24-18)13-22-11-9-15-6-4-12-26-15/h4-6,12,16-19,22H,3,7-11,13H2,1-2H3/b14-5+/t16-,17-,18-,19-,21+/m0/s1. The first-order valence-corrected chi connectivity index (χ1v) is 10.7. The molecule has 1 aromatic rings. The van der Waals surface area contributed by atoms with Gasteiger partial charge in [0, 0.05) is 17.3 Å². The SMILES string of the molecule is C/C1=C\CC[C@@]2(C)O[C@H]2[C@H]2OC(=O)[C@@H](CNCCc3cccs3)[C@@H]2CC1. The molecule has 0 amide bonds. The van der Waals surface area contributed by atoms with Gasteiger partial charge in [0.2, 0.25) is 0 Å². The highest BCUT2D eigenvalue weighted by atomic mass is 32.1. The fourth-order valence-corrected chi connectivity index (χ4v) is 5.21. The molecule has 3 aliphatic rings. The summed E-state index contributed by atoms with van der Waals surface area (Å²) in [5.74, 6) is 0.163. The van der Waals surface area contributed by atoms with E-state index in [0.29, 0.717) is 6.54 Å². The van der Waals surface area contributed by atoms with Gasteiger partial charge < -0.3 is 14.8 Å². The van der Waals surface area contributed by atoms with Crippen LogP contribution in [-0.4, -0.2) is 36.9 Å². The second-order valence-corrected chi connectivity index (χ2v) is 9.22. The molecule has 0 unspecified atom stereocenters. The van der Waals surface area contributed by atoms with Crippen LogP contribution >= 0.6 is 11.3 Å². The summed E-state index contributed by atoms with van der Waals surface area (Å²) < 4.78 is 11.9. The van der Waals surface area contributed by atoms with Crippen LogP contribution in [-0.2, 0) is 20.7 Å². The van der Waals surface area contributed by atoms with Crippen molar-refractivity contribution in [2.75, 3.05) is 13.1 Å². The monoisotopic (exact) mass is 375 g/mol. The number of hydrogen-bond donors (Lipinski definition) is 1. The largest absolute Gasteiger partial charge is 0.459 e. The lowest BCUT2D eigenvalue weighted by Gasteiger charge is -2.22. The molecule has 4 nitrogen and oxygen atoms in total. The summed E-state index contributed by atoms with van der Waals surface area (Å²) in [7, 11) is 0. The van der Waals surface area contributed by atoms with Gasteiger partial charge in [0.05, 0.1) is 11.5 Å². The molecule has 142 valence electrons. The number of epoxide rings is 1. The normalized spacial score (nSPS) is 38.7. The Morgan fingerprint density at radius 2 is 2.31 bits per heavy atom. The lowest BCUT2D eigenvalue weighted by molar-refractivity contribution is -0.144. The Kier molecular flexibility index (Phi) is 5.22. The minimum atomic E-state index is -0.112. The Hall–Kier alpha value is -1.17. The molecule has 0 aromatic carbocycles. The zero-order chi connectivity index (χ0) is 18.1. The van der Waals surface area contributed by atoms with E-state index >= 15 is 0 Å². The molecular formula is C21H29NO3S. The number of thiophene rings is 1.